The van der Waals surface area contributed by atoms with Gasteiger partial charge in [-0.25, -0.2) is 4.79 Å². The summed E-state index contributed by atoms with van der Waals surface area (Å²) in [5.74, 6) is -0.714. The Hall–Kier alpha value is -3.53. The second kappa shape index (κ2) is 9.65. The maximum Gasteiger partial charge on any atom is 0.412 e. The fraction of sp³-hybridized carbons (Fsp3) is 0.207. The highest BCUT2D eigenvalue weighted by Crippen LogP contribution is 2.53. The molecule has 6 nitrogen and oxygen atoms in total. The molecule has 192 valence electrons. The number of carboxylic acid groups (broad SMARTS) is 1. The topological polar surface area (TPSA) is 88.5 Å². The summed E-state index contributed by atoms with van der Waals surface area (Å²) in [5.41, 5.74) is 3.72. The molecule has 1 atom stereocenters. The largest absolute Gasteiger partial charge is 0.481 e. The average Bonchev–Trinajstić information content (AvgIpc) is 3.32. The third kappa shape index (κ3) is 4.51. The number of ether oxygens (including phenoxy) is 1. The van der Waals surface area contributed by atoms with E-state index >= 15 is 0 Å². The highest BCUT2D eigenvalue weighted by atomic mass is 32.1. The molecule has 1 aliphatic carbocycles. The third-order valence-corrected chi connectivity index (χ3v) is 10.4. The fourth-order valence-corrected chi connectivity index (χ4v) is 7.98. The van der Waals surface area contributed by atoms with Crippen molar-refractivity contribution in [1.82, 2.24) is 4.37 Å². The number of hydrogen-bond donors (Lipinski definition) is 2. The van der Waals surface area contributed by atoms with Crippen LogP contribution in [0.4, 0.5) is 10.5 Å². The Balaban J connectivity index is 1.19. The Bertz CT molecular complexity index is 1610. The quantitative estimate of drug-likeness (QED) is 0.208. The summed E-state index contributed by atoms with van der Waals surface area (Å²) in [6, 6.07) is 22.0. The van der Waals surface area contributed by atoms with E-state index in [9.17, 15) is 14.7 Å². The highest BCUT2D eigenvalue weighted by molar-refractivity contribution is 7.29. The number of fused-ring (bicyclic) bond motifs is 1. The summed E-state index contributed by atoms with van der Waals surface area (Å²) < 4.78 is 12.3. The predicted octanol–water partition coefficient (Wildman–Crippen LogP) is 8.49. The first-order valence-electron chi connectivity index (χ1n) is 12.2. The van der Waals surface area contributed by atoms with Crippen LogP contribution < -0.4 is 5.32 Å². The molecular weight excluding hydrogens is 537 g/mol. The van der Waals surface area contributed by atoms with E-state index in [1.807, 2.05) is 56.3 Å². The van der Waals surface area contributed by atoms with Gasteiger partial charge >= 0.3 is 12.1 Å². The van der Waals surface area contributed by atoms with Crippen LogP contribution >= 0.6 is 34.2 Å². The highest BCUT2D eigenvalue weighted by Gasteiger charge is 2.53. The Labute approximate surface area is 231 Å². The van der Waals surface area contributed by atoms with Crippen LogP contribution in [0.3, 0.4) is 0 Å². The van der Waals surface area contributed by atoms with Gasteiger partial charge in [-0.15, -0.1) is 22.7 Å². The van der Waals surface area contributed by atoms with E-state index in [4.69, 9.17) is 4.74 Å². The Morgan fingerprint density at radius 1 is 1.00 bits per heavy atom. The van der Waals surface area contributed by atoms with Crippen LogP contribution in [0.1, 0.15) is 42.0 Å². The van der Waals surface area contributed by atoms with Crippen LogP contribution in [0.25, 0.3) is 30.3 Å². The molecule has 3 heterocycles. The predicted molar refractivity (Wildman–Crippen MR) is 154 cm³/mol. The van der Waals surface area contributed by atoms with Gasteiger partial charge in [-0.05, 0) is 67.0 Å². The van der Waals surface area contributed by atoms with Gasteiger partial charge in [0.25, 0.3) is 0 Å². The van der Waals surface area contributed by atoms with Gasteiger partial charge in [-0.1, -0.05) is 54.6 Å². The zero-order chi connectivity index (χ0) is 26.4. The molecule has 9 heteroatoms. The maximum atomic E-state index is 12.7. The molecule has 1 fully saturated rings. The summed E-state index contributed by atoms with van der Waals surface area (Å²) in [6.45, 7) is 3.71. The first-order chi connectivity index (χ1) is 18.3. The minimum atomic E-state index is -0.714. The lowest BCUT2D eigenvalue weighted by Gasteiger charge is -2.14. The van der Waals surface area contributed by atoms with Crippen molar-refractivity contribution in [2.45, 2.75) is 38.2 Å². The summed E-state index contributed by atoms with van der Waals surface area (Å²) >= 11 is 4.62. The van der Waals surface area contributed by atoms with Crippen LogP contribution in [-0.2, 0) is 14.9 Å². The standard InChI is InChI=1S/C29H24N2O4S3/c1-16-25(30-28(34)35-17(2)18-6-4-3-5-7-18)26(38-31-16)20-10-8-19(9-11-20)21-14-22-23(36-21)15-24(37-22)29(12-13-29)27(32)33/h3-11,14-15,17H,12-13H2,1-2H3,(H,30,34)(H,32,33)/t17-/m1/s1. The number of thiophene rings is 2. The molecule has 0 radical (unpaired) electrons. The number of nitrogens with one attached hydrogen (secondary N) is 1. The van der Waals surface area contributed by atoms with Gasteiger partial charge in [-0.3, -0.25) is 10.1 Å². The van der Waals surface area contributed by atoms with Gasteiger partial charge in [-0.2, -0.15) is 4.37 Å². The number of aliphatic carboxylic acids is 1. The number of anilines is 1. The molecule has 38 heavy (non-hydrogen) atoms. The van der Waals surface area contributed by atoms with Crippen LogP contribution in [0.15, 0.2) is 66.7 Å². The van der Waals surface area contributed by atoms with Gasteiger partial charge in [0.2, 0.25) is 0 Å². The minimum Gasteiger partial charge on any atom is -0.481 e. The molecule has 1 saturated carbocycles. The van der Waals surface area contributed by atoms with Crippen molar-refractivity contribution in [1.29, 1.82) is 0 Å². The number of hydrogen-bond acceptors (Lipinski definition) is 7. The van der Waals surface area contributed by atoms with Gasteiger partial charge in [0.1, 0.15) is 11.5 Å². The number of carboxylic acids is 1. The van der Waals surface area contributed by atoms with Gasteiger partial charge in [0.05, 0.1) is 16.3 Å². The van der Waals surface area contributed by atoms with E-state index in [2.05, 4.69) is 34.0 Å². The van der Waals surface area contributed by atoms with E-state index in [-0.39, 0.29) is 6.10 Å². The first kappa shape index (κ1) is 24.8. The number of nitrogens with zero attached hydrogens (tertiary/aromatic N) is 1. The molecular formula is C29H24N2O4S3. The third-order valence-electron chi connectivity index (χ3n) is 6.91. The lowest BCUT2D eigenvalue weighted by Crippen LogP contribution is -2.17. The van der Waals surface area contributed by atoms with Crippen molar-refractivity contribution in [3.8, 4) is 20.9 Å². The van der Waals surface area contributed by atoms with Crippen molar-refractivity contribution in [3.05, 3.63) is 82.9 Å². The van der Waals surface area contributed by atoms with Crippen LogP contribution in [-0.4, -0.2) is 21.5 Å². The molecule has 0 saturated heterocycles. The monoisotopic (exact) mass is 560 g/mol. The molecule has 2 N–H and O–H groups in total. The number of amides is 1. The summed E-state index contributed by atoms with van der Waals surface area (Å²) in [4.78, 5) is 27.3. The molecule has 0 unspecified atom stereocenters. The molecule has 6 rings (SSSR count). The molecule has 0 spiro atoms. The van der Waals surface area contributed by atoms with E-state index in [0.29, 0.717) is 5.69 Å². The second-order valence-corrected chi connectivity index (χ2v) is 12.4. The van der Waals surface area contributed by atoms with E-state index in [1.54, 1.807) is 22.7 Å². The molecule has 0 aliphatic heterocycles. The Kier molecular flexibility index (Phi) is 6.29. The number of carbonyl (C=O) groups is 2. The summed E-state index contributed by atoms with van der Waals surface area (Å²) in [5, 5.41) is 12.5. The average molecular weight is 561 g/mol. The Morgan fingerprint density at radius 2 is 1.68 bits per heavy atom. The number of benzene rings is 2. The molecule has 3 aromatic heterocycles. The maximum absolute atomic E-state index is 12.7. The zero-order valence-corrected chi connectivity index (χ0v) is 23.1. The van der Waals surface area contributed by atoms with Crippen molar-refractivity contribution < 1.29 is 19.4 Å². The normalized spacial score (nSPS) is 14.8. The van der Waals surface area contributed by atoms with Gasteiger partial charge < -0.3 is 9.84 Å². The SMILES string of the molecule is Cc1nsc(-c2ccc(-c3cc4sc(C5(C(=O)O)CC5)cc4s3)cc2)c1NC(=O)O[C@H](C)c1ccccc1. The summed E-state index contributed by atoms with van der Waals surface area (Å²) in [7, 11) is 0. The van der Waals surface area contributed by atoms with Crippen molar-refractivity contribution in [2.75, 3.05) is 5.32 Å². The smallest absolute Gasteiger partial charge is 0.412 e. The number of aryl methyl sites for hydroxylation is 1. The van der Waals surface area contributed by atoms with Gasteiger partial charge in [0, 0.05) is 19.2 Å². The molecule has 1 amide bonds. The number of carbonyl (C=O) groups excluding carboxylic acids is 1. The van der Waals surface area contributed by atoms with Crippen molar-refractivity contribution >= 4 is 61.4 Å². The van der Waals surface area contributed by atoms with Crippen LogP contribution in [0.5, 0.6) is 0 Å². The number of aromatic nitrogens is 1. The number of rotatable bonds is 7. The van der Waals surface area contributed by atoms with E-state index in [1.165, 1.54) is 11.5 Å². The lowest BCUT2D eigenvalue weighted by molar-refractivity contribution is -0.139. The van der Waals surface area contributed by atoms with E-state index in [0.717, 1.165) is 59.3 Å². The summed E-state index contributed by atoms with van der Waals surface area (Å²) in [6.07, 6.45) is 0.558. The molecule has 0 bridgehead atoms. The molecule has 1 aliphatic rings. The fourth-order valence-electron chi connectivity index (χ4n) is 4.49. The Morgan fingerprint density at radius 3 is 2.34 bits per heavy atom. The first-order valence-corrected chi connectivity index (χ1v) is 14.6. The van der Waals surface area contributed by atoms with Crippen LogP contribution in [0, 0.1) is 6.92 Å². The lowest BCUT2D eigenvalue weighted by atomic mass is 10.1. The minimum absolute atomic E-state index is 0.374. The van der Waals surface area contributed by atoms with Crippen LogP contribution in [0.2, 0.25) is 0 Å². The van der Waals surface area contributed by atoms with Crippen molar-refractivity contribution in [2.24, 2.45) is 0 Å². The van der Waals surface area contributed by atoms with Crippen molar-refractivity contribution in [3.63, 3.8) is 0 Å². The van der Waals surface area contributed by atoms with Gasteiger partial charge in [0.15, 0.2) is 0 Å². The molecule has 2 aromatic carbocycles. The second-order valence-electron chi connectivity index (χ2n) is 9.47. The van der Waals surface area contributed by atoms with E-state index < -0.39 is 17.5 Å². The zero-order valence-electron chi connectivity index (χ0n) is 20.7. The molecule has 5 aromatic rings.